The van der Waals surface area contributed by atoms with E-state index in [4.69, 9.17) is 4.74 Å². The van der Waals surface area contributed by atoms with E-state index >= 15 is 0 Å². The molecule has 1 aromatic carbocycles. The van der Waals surface area contributed by atoms with Gasteiger partial charge in [-0.15, -0.1) is 0 Å². The molecule has 2 aromatic rings. The van der Waals surface area contributed by atoms with Crippen molar-refractivity contribution in [3.8, 4) is 5.75 Å². The number of benzene rings is 1. The fraction of sp³-hybridized carbons (Fsp3) is 0.333. The van der Waals surface area contributed by atoms with Crippen molar-refractivity contribution in [3.05, 3.63) is 58.1 Å². The minimum Gasteiger partial charge on any atom is -0.494 e. The van der Waals surface area contributed by atoms with Gasteiger partial charge in [-0.1, -0.05) is 6.07 Å². The molecule has 132 valence electrons. The number of rotatable bonds is 4. The Bertz CT molecular complexity index is 764. The van der Waals surface area contributed by atoms with Gasteiger partial charge in [0.1, 0.15) is 0 Å². The van der Waals surface area contributed by atoms with Gasteiger partial charge in [-0.2, -0.15) is 0 Å². The predicted molar refractivity (Wildman–Crippen MR) is 96.1 cm³/mol. The molecule has 0 unspecified atom stereocenters. The van der Waals surface area contributed by atoms with Gasteiger partial charge in [0.15, 0.2) is 11.6 Å². The Balaban J connectivity index is 1.56. The maximum atomic E-state index is 13.8. The molecule has 0 N–H and O–H groups in total. The van der Waals surface area contributed by atoms with Gasteiger partial charge in [0.05, 0.1) is 12.7 Å². The number of carbonyl (C=O) groups is 1. The summed E-state index contributed by atoms with van der Waals surface area (Å²) in [4.78, 5) is 20.6. The van der Waals surface area contributed by atoms with Gasteiger partial charge >= 0.3 is 0 Å². The second-order valence-corrected chi connectivity index (χ2v) is 6.84. The lowest BCUT2D eigenvalue weighted by molar-refractivity contribution is 0.0628. The number of halogens is 2. The average molecular weight is 408 g/mol. The van der Waals surface area contributed by atoms with Gasteiger partial charge in [-0.05, 0) is 39.7 Å². The van der Waals surface area contributed by atoms with E-state index in [9.17, 15) is 9.18 Å². The van der Waals surface area contributed by atoms with Crippen LogP contribution in [0.15, 0.2) is 41.1 Å². The van der Waals surface area contributed by atoms with Gasteiger partial charge in [0, 0.05) is 49.6 Å². The van der Waals surface area contributed by atoms with E-state index in [1.54, 1.807) is 24.5 Å². The smallest absolute Gasteiger partial charge is 0.255 e. The summed E-state index contributed by atoms with van der Waals surface area (Å²) in [5.74, 6) is -0.110. The molecule has 7 heteroatoms. The standard InChI is InChI=1S/C18H19BrFN3O2/c1-25-17-3-2-13(8-16(17)20)12-22-4-6-23(7-5-22)18(24)14-9-15(19)11-21-10-14/h2-3,8-11H,4-7,12H2,1H3. The lowest BCUT2D eigenvalue weighted by Gasteiger charge is -2.34. The Hall–Kier alpha value is -1.99. The molecule has 2 heterocycles. The molecule has 1 aromatic heterocycles. The summed E-state index contributed by atoms with van der Waals surface area (Å²) < 4.78 is 19.5. The van der Waals surface area contributed by atoms with Crippen molar-refractivity contribution in [1.29, 1.82) is 0 Å². The summed E-state index contributed by atoms with van der Waals surface area (Å²) in [6.45, 7) is 3.44. The third kappa shape index (κ3) is 4.35. The number of nitrogens with zero attached hydrogens (tertiary/aromatic N) is 3. The molecule has 1 aliphatic rings. The number of pyridine rings is 1. The topological polar surface area (TPSA) is 45.7 Å². The first-order chi connectivity index (χ1) is 12.1. The zero-order valence-electron chi connectivity index (χ0n) is 13.9. The van der Waals surface area contributed by atoms with Crippen LogP contribution in [-0.4, -0.2) is 54.0 Å². The molecule has 1 aliphatic heterocycles. The van der Waals surface area contributed by atoms with Crippen molar-refractivity contribution >= 4 is 21.8 Å². The largest absolute Gasteiger partial charge is 0.494 e. The van der Waals surface area contributed by atoms with Gasteiger partial charge in [-0.25, -0.2) is 4.39 Å². The van der Waals surface area contributed by atoms with Crippen LogP contribution >= 0.6 is 15.9 Å². The molecular formula is C18H19BrFN3O2. The highest BCUT2D eigenvalue weighted by atomic mass is 79.9. The number of amides is 1. The van der Waals surface area contributed by atoms with E-state index in [-0.39, 0.29) is 17.5 Å². The summed E-state index contributed by atoms with van der Waals surface area (Å²) in [5.41, 5.74) is 1.48. The van der Waals surface area contributed by atoms with Crippen LogP contribution in [0.4, 0.5) is 4.39 Å². The molecule has 1 amide bonds. The highest BCUT2D eigenvalue weighted by molar-refractivity contribution is 9.10. The van der Waals surface area contributed by atoms with E-state index in [0.29, 0.717) is 25.2 Å². The Kier molecular flexibility index (Phi) is 5.65. The Labute approximate surface area is 154 Å². The van der Waals surface area contributed by atoms with Crippen LogP contribution in [0.3, 0.4) is 0 Å². The number of methoxy groups -OCH3 is 1. The van der Waals surface area contributed by atoms with E-state index in [1.165, 1.54) is 13.2 Å². The van der Waals surface area contributed by atoms with Gasteiger partial charge in [0.2, 0.25) is 0 Å². The average Bonchev–Trinajstić information content (AvgIpc) is 2.62. The molecule has 0 aliphatic carbocycles. The maximum absolute atomic E-state index is 13.8. The lowest BCUT2D eigenvalue weighted by atomic mass is 10.1. The predicted octanol–water partition coefficient (Wildman–Crippen LogP) is 2.95. The Morgan fingerprint density at radius 2 is 2.00 bits per heavy atom. The molecule has 1 saturated heterocycles. The van der Waals surface area contributed by atoms with Gasteiger partial charge in [-0.3, -0.25) is 14.7 Å². The molecule has 5 nitrogen and oxygen atoms in total. The fourth-order valence-electron chi connectivity index (χ4n) is 2.89. The first-order valence-corrected chi connectivity index (χ1v) is 8.80. The highest BCUT2D eigenvalue weighted by Gasteiger charge is 2.22. The summed E-state index contributed by atoms with van der Waals surface area (Å²) in [5, 5.41) is 0. The minimum absolute atomic E-state index is 0.0102. The summed E-state index contributed by atoms with van der Waals surface area (Å²) in [6, 6.07) is 6.79. The molecule has 25 heavy (non-hydrogen) atoms. The van der Waals surface area contributed by atoms with Crippen LogP contribution in [0.2, 0.25) is 0 Å². The molecule has 0 saturated carbocycles. The van der Waals surface area contributed by atoms with Crippen LogP contribution in [0.25, 0.3) is 0 Å². The highest BCUT2D eigenvalue weighted by Crippen LogP contribution is 2.19. The quantitative estimate of drug-likeness (QED) is 0.781. The Morgan fingerprint density at radius 1 is 1.24 bits per heavy atom. The molecule has 0 bridgehead atoms. The molecule has 0 spiro atoms. The number of carbonyl (C=O) groups excluding carboxylic acids is 1. The van der Waals surface area contributed by atoms with Crippen molar-refractivity contribution in [3.63, 3.8) is 0 Å². The monoisotopic (exact) mass is 407 g/mol. The van der Waals surface area contributed by atoms with E-state index in [0.717, 1.165) is 23.1 Å². The first-order valence-electron chi connectivity index (χ1n) is 8.01. The molecular weight excluding hydrogens is 389 g/mol. The number of aromatic nitrogens is 1. The van der Waals surface area contributed by atoms with Crippen molar-refractivity contribution < 1.29 is 13.9 Å². The lowest BCUT2D eigenvalue weighted by Crippen LogP contribution is -2.48. The molecule has 3 rings (SSSR count). The van der Waals surface area contributed by atoms with Crippen LogP contribution < -0.4 is 4.74 Å². The fourth-order valence-corrected chi connectivity index (χ4v) is 3.25. The first kappa shape index (κ1) is 17.8. The summed E-state index contributed by atoms with van der Waals surface area (Å²) >= 11 is 3.34. The number of piperazine rings is 1. The SMILES string of the molecule is COc1ccc(CN2CCN(C(=O)c3cncc(Br)c3)CC2)cc1F. The van der Waals surface area contributed by atoms with Crippen molar-refractivity contribution in [2.75, 3.05) is 33.3 Å². The van der Waals surface area contributed by atoms with E-state index in [2.05, 4.69) is 25.8 Å². The molecule has 0 radical (unpaired) electrons. The third-order valence-electron chi connectivity index (χ3n) is 4.23. The van der Waals surface area contributed by atoms with E-state index in [1.807, 2.05) is 11.0 Å². The van der Waals surface area contributed by atoms with Crippen LogP contribution in [-0.2, 0) is 6.54 Å². The van der Waals surface area contributed by atoms with Crippen molar-refractivity contribution in [2.45, 2.75) is 6.54 Å². The van der Waals surface area contributed by atoms with Crippen molar-refractivity contribution in [2.24, 2.45) is 0 Å². The van der Waals surface area contributed by atoms with Crippen LogP contribution in [0, 0.1) is 5.82 Å². The van der Waals surface area contributed by atoms with Crippen molar-refractivity contribution in [1.82, 2.24) is 14.8 Å². The van der Waals surface area contributed by atoms with Crippen LogP contribution in [0.5, 0.6) is 5.75 Å². The molecule has 1 fully saturated rings. The number of ether oxygens (including phenoxy) is 1. The normalized spacial score (nSPS) is 15.2. The van der Waals surface area contributed by atoms with Gasteiger partial charge in [0.25, 0.3) is 5.91 Å². The molecule has 0 atom stereocenters. The van der Waals surface area contributed by atoms with E-state index < -0.39 is 0 Å². The minimum atomic E-state index is -0.351. The second-order valence-electron chi connectivity index (χ2n) is 5.93. The Morgan fingerprint density at radius 3 is 2.64 bits per heavy atom. The zero-order valence-corrected chi connectivity index (χ0v) is 15.5. The second kappa shape index (κ2) is 7.93. The third-order valence-corrected chi connectivity index (χ3v) is 4.67. The van der Waals surface area contributed by atoms with Gasteiger partial charge < -0.3 is 9.64 Å². The summed E-state index contributed by atoms with van der Waals surface area (Å²) in [7, 11) is 1.45. The maximum Gasteiger partial charge on any atom is 0.255 e. The number of hydrogen-bond acceptors (Lipinski definition) is 4. The van der Waals surface area contributed by atoms with Crippen LogP contribution in [0.1, 0.15) is 15.9 Å². The zero-order chi connectivity index (χ0) is 17.8. The summed E-state index contributed by atoms with van der Waals surface area (Å²) in [6.07, 6.45) is 3.24. The number of hydrogen-bond donors (Lipinski definition) is 0.